The number of ether oxygens (including phenoxy) is 2. The number of halogens is 1. The Morgan fingerprint density at radius 1 is 1.26 bits per heavy atom. The first-order valence-corrected chi connectivity index (χ1v) is 13.6. The molecule has 0 bridgehead atoms. The zero-order valence-electron chi connectivity index (χ0n) is 22.6. The van der Waals surface area contributed by atoms with Gasteiger partial charge in [-0.05, 0) is 42.5 Å². The molecule has 1 aliphatic heterocycles. The predicted molar refractivity (Wildman–Crippen MR) is 149 cm³/mol. The summed E-state index contributed by atoms with van der Waals surface area (Å²) in [5, 5.41) is 13.6. The Kier molecular flexibility index (Phi) is 8.86. The number of carbonyl (C=O) groups is 2. The molecule has 1 amide bonds. The summed E-state index contributed by atoms with van der Waals surface area (Å²) in [6, 6.07) is 13.0. The first kappa shape index (κ1) is 28.9. The van der Waals surface area contributed by atoms with Crippen LogP contribution in [0.3, 0.4) is 0 Å². The highest BCUT2D eigenvalue weighted by molar-refractivity contribution is 6.29. The van der Waals surface area contributed by atoms with E-state index in [1.165, 1.54) is 12.3 Å². The fraction of sp³-hybridized carbons (Fsp3) is 0.448. The third-order valence-corrected chi connectivity index (χ3v) is 7.94. The summed E-state index contributed by atoms with van der Waals surface area (Å²) in [5.74, 6) is -0.671. The van der Waals surface area contributed by atoms with Crippen LogP contribution in [0.25, 0.3) is 10.8 Å². The van der Waals surface area contributed by atoms with E-state index in [0.717, 1.165) is 35.7 Å². The number of nitrogens with two attached hydrogens (primary N) is 1. The summed E-state index contributed by atoms with van der Waals surface area (Å²) >= 11 is 6.09. The van der Waals surface area contributed by atoms with Gasteiger partial charge < -0.3 is 24.8 Å². The first-order chi connectivity index (χ1) is 18.6. The molecule has 0 saturated carbocycles. The van der Waals surface area contributed by atoms with Crippen LogP contribution >= 0.6 is 11.6 Å². The molecule has 3 N–H and O–H groups in total. The van der Waals surface area contributed by atoms with Crippen molar-refractivity contribution in [3.63, 3.8) is 0 Å². The molecular formula is C29H36ClN4O5+. The lowest BCUT2D eigenvalue weighted by Crippen LogP contribution is -2.75. The highest BCUT2D eigenvalue weighted by Gasteiger charge is 2.62. The maximum atomic E-state index is 14.1. The minimum Gasteiger partial charge on any atom is -0.471 e. The SMILES string of the molecule is CCCCc1cc2ccccc2c(OCC[N+](C)(C)[C@@]2(C(=O)c3ccnc(Cl)c3)CCOC(C(N)=O)[C@@H]2O)n1. The maximum Gasteiger partial charge on any atom is 0.249 e. The number of aryl methyl sites for hydroxylation is 1. The van der Waals surface area contributed by atoms with Gasteiger partial charge in [-0.1, -0.05) is 43.1 Å². The average Bonchev–Trinajstić information content (AvgIpc) is 2.91. The van der Waals surface area contributed by atoms with Crippen LogP contribution in [-0.2, 0) is 16.0 Å². The monoisotopic (exact) mass is 555 g/mol. The van der Waals surface area contributed by atoms with Crippen molar-refractivity contribution >= 4 is 34.1 Å². The van der Waals surface area contributed by atoms with E-state index in [1.54, 1.807) is 6.07 Å². The molecule has 39 heavy (non-hydrogen) atoms. The summed E-state index contributed by atoms with van der Waals surface area (Å²) in [5.41, 5.74) is 5.35. The zero-order chi connectivity index (χ0) is 28.2. The standard InChI is InChI=1S/C29H35ClN4O5/c1-4-5-9-21-17-19-8-6-7-10-22(19)28(33-21)39-16-14-34(2,3)29(12-15-38-24(26(29)36)27(31)37)25(35)20-11-13-32-23(30)18-20/h6-8,10-11,13,17-18,24,26,36H,4-5,9,12,14-16H2,1-3H3,(H-,31,37)/p+1/t24?,26-,29+/m0/s1. The molecule has 4 rings (SSSR count). The number of pyridine rings is 2. The third-order valence-electron chi connectivity index (χ3n) is 7.73. The second-order valence-corrected chi connectivity index (χ2v) is 10.9. The van der Waals surface area contributed by atoms with Crippen molar-refractivity contribution in [2.75, 3.05) is 33.9 Å². The van der Waals surface area contributed by atoms with Crippen LogP contribution in [0.4, 0.5) is 0 Å². The van der Waals surface area contributed by atoms with Gasteiger partial charge in [0.15, 0.2) is 17.7 Å². The van der Waals surface area contributed by atoms with Crippen molar-refractivity contribution < 1.29 is 28.7 Å². The number of quaternary nitrogens is 1. The van der Waals surface area contributed by atoms with Gasteiger partial charge in [-0.2, -0.15) is 0 Å². The second-order valence-electron chi connectivity index (χ2n) is 10.5. The van der Waals surface area contributed by atoms with Crippen LogP contribution in [-0.4, -0.2) is 82.8 Å². The van der Waals surface area contributed by atoms with Crippen LogP contribution in [0, 0.1) is 0 Å². The summed E-state index contributed by atoms with van der Waals surface area (Å²) in [4.78, 5) is 35.1. The number of aliphatic hydroxyl groups is 1. The molecule has 1 fully saturated rings. The molecule has 3 atom stereocenters. The molecule has 10 heteroatoms. The second kappa shape index (κ2) is 12.0. The van der Waals surface area contributed by atoms with Gasteiger partial charge in [0.2, 0.25) is 17.6 Å². The summed E-state index contributed by atoms with van der Waals surface area (Å²) < 4.78 is 11.8. The maximum absolute atomic E-state index is 14.1. The van der Waals surface area contributed by atoms with Crippen molar-refractivity contribution in [1.29, 1.82) is 0 Å². The minimum atomic E-state index is -1.49. The quantitative estimate of drug-likeness (QED) is 0.211. The molecule has 9 nitrogen and oxygen atoms in total. The minimum absolute atomic E-state index is 0.00748. The zero-order valence-corrected chi connectivity index (χ0v) is 23.4. The predicted octanol–water partition coefficient (Wildman–Crippen LogP) is 3.34. The number of fused-ring (bicyclic) bond motifs is 1. The number of primary amides is 1. The highest BCUT2D eigenvalue weighted by atomic mass is 35.5. The van der Waals surface area contributed by atoms with Crippen LogP contribution in [0.5, 0.6) is 5.88 Å². The number of aromatic nitrogens is 2. The Labute approximate surface area is 233 Å². The molecule has 208 valence electrons. The van der Waals surface area contributed by atoms with Crippen molar-refractivity contribution in [3.05, 3.63) is 65.1 Å². The van der Waals surface area contributed by atoms with Gasteiger partial charge in [0, 0.05) is 29.3 Å². The van der Waals surface area contributed by atoms with Crippen LogP contribution in [0.15, 0.2) is 48.7 Å². The number of aliphatic hydroxyl groups excluding tert-OH is 1. The van der Waals surface area contributed by atoms with Crippen LogP contribution < -0.4 is 10.5 Å². The summed E-state index contributed by atoms with van der Waals surface area (Å²) in [6.45, 7) is 2.75. The fourth-order valence-corrected chi connectivity index (χ4v) is 5.61. The van der Waals surface area contributed by atoms with E-state index in [-0.39, 0.29) is 40.6 Å². The van der Waals surface area contributed by atoms with Gasteiger partial charge in [0.05, 0.1) is 20.7 Å². The normalized spacial score (nSPS) is 21.6. The molecule has 0 radical (unpaired) electrons. The number of benzene rings is 1. The Hall–Kier alpha value is -3.11. The van der Waals surface area contributed by atoms with Gasteiger partial charge in [0.1, 0.15) is 18.3 Å². The highest BCUT2D eigenvalue weighted by Crippen LogP contribution is 2.38. The smallest absolute Gasteiger partial charge is 0.249 e. The molecule has 0 aliphatic carbocycles. The van der Waals surface area contributed by atoms with E-state index in [0.29, 0.717) is 12.4 Å². The average molecular weight is 556 g/mol. The number of amides is 1. The number of likely N-dealkylation sites (N-methyl/N-ethyl adjacent to an activating group) is 1. The molecule has 1 aliphatic rings. The van der Waals surface area contributed by atoms with E-state index >= 15 is 0 Å². The topological polar surface area (TPSA) is 125 Å². The van der Waals surface area contributed by atoms with Crippen molar-refractivity contribution in [2.45, 2.75) is 50.4 Å². The molecular weight excluding hydrogens is 520 g/mol. The van der Waals surface area contributed by atoms with Crippen LogP contribution in [0.2, 0.25) is 5.15 Å². The number of hydrogen-bond donors (Lipinski definition) is 2. The summed E-state index contributed by atoms with van der Waals surface area (Å²) in [7, 11) is 3.67. The van der Waals surface area contributed by atoms with Gasteiger partial charge in [-0.3, -0.25) is 9.59 Å². The number of Topliss-reactive ketones (excluding diaryl/α,β-unsaturated/α-hetero) is 1. The van der Waals surface area contributed by atoms with E-state index in [9.17, 15) is 14.7 Å². The third kappa shape index (κ3) is 5.77. The number of hydrogen-bond acceptors (Lipinski definition) is 7. The Morgan fingerprint density at radius 2 is 2.03 bits per heavy atom. The Balaban J connectivity index is 1.65. The number of ketones is 1. The Morgan fingerprint density at radius 3 is 2.74 bits per heavy atom. The molecule has 2 aromatic heterocycles. The van der Waals surface area contributed by atoms with Gasteiger partial charge in [-0.25, -0.2) is 9.97 Å². The molecule has 3 aromatic rings. The van der Waals surface area contributed by atoms with Gasteiger partial charge in [0.25, 0.3) is 0 Å². The molecule has 3 heterocycles. The molecule has 1 unspecified atom stereocenters. The van der Waals surface area contributed by atoms with Crippen molar-refractivity contribution in [2.24, 2.45) is 5.73 Å². The largest absolute Gasteiger partial charge is 0.471 e. The van der Waals surface area contributed by atoms with E-state index in [1.807, 2.05) is 38.4 Å². The fourth-order valence-electron chi connectivity index (χ4n) is 5.43. The number of nitrogens with zero attached hydrogens (tertiary/aromatic N) is 3. The number of unbranched alkanes of at least 4 members (excludes halogenated alkanes) is 1. The van der Waals surface area contributed by atoms with E-state index in [4.69, 9.17) is 31.8 Å². The van der Waals surface area contributed by atoms with Crippen LogP contribution in [0.1, 0.15) is 42.2 Å². The number of carbonyl (C=O) groups excluding carboxylic acids is 2. The van der Waals surface area contributed by atoms with E-state index in [2.05, 4.69) is 18.0 Å². The Bertz CT molecular complexity index is 1350. The summed E-state index contributed by atoms with van der Waals surface area (Å²) in [6.07, 6.45) is 1.72. The van der Waals surface area contributed by atoms with Crippen molar-refractivity contribution in [3.8, 4) is 5.88 Å². The lowest BCUT2D eigenvalue weighted by Gasteiger charge is -2.52. The van der Waals surface area contributed by atoms with Gasteiger partial charge in [-0.15, -0.1) is 0 Å². The lowest BCUT2D eigenvalue weighted by molar-refractivity contribution is -0.936. The van der Waals surface area contributed by atoms with Gasteiger partial charge >= 0.3 is 0 Å². The lowest BCUT2D eigenvalue weighted by atomic mass is 9.74. The van der Waals surface area contributed by atoms with E-state index < -0.39 is 23.7 Å². The molecule has 0 spiro atoms. The number of rotatable bonds is 11. The van der Waals surface area contributed by atoms with Crippen molar-refractivity contribution in [1.82, 2.24) is 9.97 Å². The molecule has 1 aromatic carbocycles. The first-order valence-electron chi connectivity index (χ1n) is 13.2. The molecule has 1 saturated heterocycles.